The Morgan fingerprint density at radius 1 is 1.14 bits per heavy atom. The van der Waals surface area contributed by atoms with Crippen LogP contribution in [0.15, 0.2) is 57.6 Å². The van der Waals surface area contributed by atoms with E-state index in [0.717, 1.165) is 65.2 Å². The van der Waals surface area contributed by atoms with Crippen molar-refractivity contribution in [2.75, 3.05) is 31.6 Å². The molecule has 0 saturated carbocycles. The number of rotatable bonds is 2. The molecule has 0 radical (unpaired) electrons. The first-order valence-corrected chi connectivity index (χ1v) is 13.4. The average molecular weight is 514 g/mol. The highest BCUT2D eigenvalue weighted by Crippen LogP contribution is 2.50. The minimum absolute atomic E-state index is 0.0404. The quantitative estimate of drug-likeness (QED) is 0.556. The van der Waals surface area contributed by atoms with E-state index in [1.165, 1.54) is 17.3 Å². The summed E-state index contributed by atoms with van der Waals surface area (Å²) in [6, 6.07) is 9.97. The van der Waals surface area contributed by atoms with Crippen LogP contribution in [0.25, 0.3) is 0 Å². The number of pyridine rings is 1. The van der Waals surface area contributed by atoms with Crippen LogP contribution in [0.1, 0.15) is 35.8 Å². The largest absolute Gasteiger partial charge is 0.480 e. The average Bonchev–Trinajstić information content (AvgIpc) is 3.46. The number of aliphatic imine (C=N–C) groups is 1. The number of hydrogen-bond donors (Lipinski definition) is 1. The van der Waals surface area contributed by atoms with Crippen molar-refractivity contribution in [1.29, 1.82) is 0 Å². The van der Waals surface area contributed by atoms with Crippen molar-refractivity contribution in [3.63, 3.8) is 0 Å². The number of amidine groups is 1. The fourth-order valence-corrected chi connectivity index (χ4v) is 6.87. The second-order valence-electron chi connectivity index (χ2n) is 10.2. The molecule has 188 valence electrons. The Bertz CT molecular complexity index is 1450. The van der Waals surface area contributed by atoms with Crippen LogP contribution >= 0.6 is 11.8 Å². The first-order valence-electron chi connectivity index (χ1n) is 12.6. The molecule has 1 aromatic carbocycles. The van der Waals surface area contributed by atoms with Crippen molar-refractivity contribution in [2.45, 2.75) is 41.6 Å². The second-order valence-corrected chi connectivity index (χ2v) is 11.2. The number of aromatic nitrogens is 3. The van der Waals surface area contributed by atoms with Gasteiger partial charge in [-0.1, -0.05) is 23.9 Å². The Kier molecular flexibility index (Phi) is 5.23. The SMILES string of the molecule is CN1C(=O)COc2c(Sc3cnc4c(n3)CC(N3CCC5(CC3)Cc3ncccc3[C@H]5N)=N4)cccc21. The predicted octanol–water partition coefficient (Wildman–Crippen LogP) is 3.30. The molecule has 3 aromatic rings. The van der Waals surface area contributed by atoms with Gasteiger partial charge in [0.25, 0.3) is 5.91 Å². The molecule has 7 rings (SSSR count). The maximum atomic E-state index is 12.0. The molecule has 2 N–H and O–H groups in total. The highest BCUT2D eigenvalue weighted by molar-refractivity contribution is 7.99. The Balaban J connectivity index is 1.04. The molecule has 0 bridgehead atoms. The summed E-state index contributed by atoms with van der Waals surface area (Å²) < 4.78 is 5.76. The molecule has 2 aromatic heterocycles. The van der Waals surface area contributed by atoms with Gasteiger partial charge in [0, 0.05) is 38.1 Å². The lowest BCUT2D eigenvalue weighted by molar-refractivity contribution is -0.121. The smallest absolute Gasteiger partial charge is 0.264 e. The van der Waals surface area contributed by atoms with Crippen molar-refractivity contribution in [2.24, 2.45) is 16.1 Å². The lowest BCUT2D eigenvalue weighted by Crippen LogP contribution is -2.46. The van der Waals surface area contributed by atoms with Crippen LogP contribution in [0, 0.1) is 5.41 Å². The Morgan fingerprint density at radius 2 is 2.00 bits per heavy atom. The number of carbonyl (C=O) groups excluding carboxylic acids is 1. The van der Waals surface area contributed by atoms with Gasteiger partial charge in [0.1, 0.15) is 10.9 Å². The van der Waals surface area contributed by atoms with Crippen molar-refractivity contribution in [3.8, 4) is 5.75 Å². The van der Waals surface area contributed by atoms with E-state index in [2.05, 4.69) is 20.9 Å². The van der Waals surface area contributed by atoms with Crippen LogP contribution in [0.4, 0.5) is 11.5 Å². The number of nitrogens with two attached hydrogens (primary N) is 1. The van der Waals surface area contributed by atoms with Gasteiger partial charge in [-0.25, -0.2) is 15.0 Å². The highest BCUT2D eigenvalue weighted by Gasteiger charge is 2.47. The van der Waals surface area contributed by atoms with Gasteiger partial charge in [-0.2, -0.15) is 0 Å². The number of nitrogens with zero attached hydrogens (tertiary/aromatic N) is 6. The number of hydrogen-bond acceptors (Lipinski definition) is 9. The minimum Gasteiger partial charge on any atom is -0.480 e. The van der Waals surface area contributed by atoms with Gasteiger partial charge in [-0.3, -0.25) is 9.78 Å². The third-order valence-corrected chi connectivity index (χ3v) is 9.12. The topological polar surface area (TPSA) is 110 Å². The number of likely N-dealkylation sites (N-methyl/N-ethyl adjacent to an activating group) is 1. The van der Waals surface area contributed by atoms with E-state index in [4.69, 9.17) is 20.4 Å². The van der Waals surface area contributed by atoms with Crippen molar-refractivity contribution < 1.29 is 9.53 Å². The molecule has 1 atom stereocenters. The maximum Gasteiger partial charge on any atom is 0.264 e. The van der Waals surface area contributed by atoms with Crippen molar-refractivity contribution >= 4 is 35.0 Å². The molecule has 5 heterocycles. The fraction of sp³-hybridized carbons (Fsp3) is 0.370. The molecule has 1 fully saturated rings. The zero-order chi connectivity index (χ0) is 25.1. The summed E-state index contributed by atoms with van der Waals surface area (Å²) in [5.74, 6) is 2.38. The summed E-state index contributed by atoms with van der Waals surface area (Å²) in [6.45, 7) is 1.89. The normalized spacial score (nSPS) is 21.4. The molecule has 37 heavy (non-hydrogen) atoms. The van der Waals surface area contributed by atoms with Gasteiger partial charge in [0.2, 0.25) is 0 Å². The Morgan fingerprint density at radius 3 is 2.84 bits per heavy atom. The van der Waals surface area contributed by atoms with Crippen LogP contribution < -0.4 is 15.4 Å². The zero-order valence-corrected chi connectivity index (χ0v) is 21.4. The lowest BCUT2D eigenvalue weighted by Gasteiger charge is -2.42. The first kappa shape index (κ1) is 22.7. The molecule has 1 amide bonds. The van der Waals surface area contributed by atoms with Gasteiger partial charge in [0.05, 0.1) is 28.9 Å². The van der Waals surface area contributed by atoms with E-state index in [1.54, 1.807) is 18.1 Å². The lowest BCUT2D eigenvalue weighted by atomic mass is 9.73. The van der Waals surface area contributed by atoms with E-state index in [9.17, 15) is 4.79 Å². The van der Waals surface area contributed by atoms with Gasteiger partial charge in [0.15, 0.2) is 18.2 Å². The molecule has 1 spiro atoms. The molecular formula is C27H27N7O2S. The van der Waals surface area contributed by atoms with Gasteiger partial charge in [-0.05, 0) is 48.4 Å². The third-order valence-electron chi connectivity index (χ3n) is 8.17. The highest BCUT2D eigenvalue weighted by atomic mass is 32.2. The molecular weight excluding hydrogens is 486 g/mol. The number of likely N-dealkylation sites (tertiary alicyclic amines) is 1. The van der Waals surface area contributed by atoms with E-state index < -0.39 is 0 Å². The van der Waals surface area contributed by atoms with Crippen LogP contribution in [0.2, 0.25) is 0 Å². The second kappa shape index (κ2) is 8.53. The number of para-hydroxylation sites is 1. The van der Waals surface area contributed by atoms with Crippen LogP contribution in [0.3, 0.4) is 0 Å². The number of piperidine rings is 1. The summed E-state index contributed by atoms with van der Waals surface area (Å²) in [5, 5.41) is 0.784. The molecule has 4 aliphatic rings. The van der Waals surface area contributed by atoms with Gasteiger partial charge >= 0.3 is 0 Å². The Hall–Kier alpha value is -3.50. The monoisotopic (exact) mass is 513 g/mol. The minimum atomic E-state index is -0.0589. The molecule has 10 heteroatoms. The predicted molar refractivity (Wildman–Crippen MR) is 140 cm³/mol. The first-order chi connectivity index (χ1) is 18.0. The van der Waals surface area contributed by atoms with Crippen LogP contribution in [0.5, 0.6) is 5.75 Å². The number of ether oxygens (including phenoxy) is 1. The summed E-state index contributed by atoms with van der Waals surface area (Å²) in [7, 11) is 1.77. The summed E-state index contributed by atoms with van der Waals surface area (Å²) in [5.41, 5.74) is 10.9. The van der Waals surface area contributed by atoms with Crippen molar-refractivity contribution in [3.05, 3.63) is 59.7 Å². The molecule has 3 aliphatic heterocycles. The Labute approximate surface area is 219 Å². The number of fused-ring (bicyclic) bond motifs is 3. The summed E-state index contributed by atoms with van der Waals surface area (Å²) in [4.78, 5) is 35.8. The molecule has 0 unspecified atom stereocenters. The fourth-order valence-electron chi connectivity index (χ4n) is 5.98. The molecule has 1 saturated heterocycles. The van der Waals surface area contributed by atoms with Crippen molar-refractivity contribution in [1.82, 2.24) is 19.9 Å². The van der Waals surface area contributed by atoms with Crippen LogP contribution in [-0.4, -0.2) is 58.3 Å². The zero-order valence-electron chi connectivity index (χ0n) is 20.6. The number of carbonyl (C=O) groups is 1. The molecule has 1 aliphatic carbocycles. The van der Waals surface area contributed by atoms with E-state index >= 15 is 0 Å². The van der Waals surface area contributed by atoms with Gasteiger partial charge in [-0.15, -0.1) is 0 Å². The molecule has 9 nitrogen and oxygen atoms in total. The summed E-state index contributed by atoms with van der Waals surface area (Å²) >= 11 is 1.49. The number of benzene rings is 1. The third kappa shape index (κ3) is 3.69. The van der Waals surface area contributed by atoms with E-state index in [-0.39, 0.29) is 24.0 Å². The van der Waals surface area contributed by atoms with E-state index in [1.807, 2.05) is 30.5 Å². The maximum absolute atomic E-state index is 12.0. The number of anilines is 1. The summed E-state index contributed by atoms with van der Waals surface area (Å²) in [6.07, 6.45) is 7.33. The van der Waals surface area contributed by atoms with Gasteiger partial charge < -0.3 is 20.3 Å². The van der Waals surface area contributed by atoms with E-state index in [0.29, 0.717) is 18.0 Å². The standard InChI is InChI=1S/C27H27N7O2S/c1-33-19-5-2-6-20(24(19)36-15-23(33)35)37-22-14-30-26-17(31-22)12-21(32-26)34-10-7-27(8-11-34)13-18-16(25(27)28)4-3-9-29-18/h2-6,9,14,25H,7-8,10-13,15,28H2,1H3/t25-/m1/s1. The van der Waals surface area contributed by atoms with Crippen LogP contribution in [-0.2, 0) is 17.6 Å². The number of amides is 1.